The lowest BCUT2D eigenvalue weighted by Gasteiger charge is -2.40. The van der Waals surface area contributed by atoms with Crippen LogP contribution in [-0.4, -0.2) is 20.9 Å². The summed E-state index contributed by atoms with van der Waals surface area (Å²) in [7, 11) is 0. The van der Waals surface area contributed by atoms with E-state index in [0.29, 0.717) is 5.65 Å². The largest absolute Gasteiger partial charge is 0.487 e. The molecule has 6 nitrogen and oxygen atoms in total. The minimum Gasteiger partial charge on any atom is -0.487 e. The van der Waals surface area contributed by atoms with Gasteiger partial charge in [-0.15, -0.1) is 0 Å². The number of hydrogen-bond donors (Lipinski definition) is 1. The van der Waals surface area contributed by atoms with Gasteiger partial charge in [0.05, 0.1) is 6.04 Å². The highest BCUT2D eigenvalue weighted by Gasteiger charge is 2.43. The van der Waals surface area contributed by atoms with Crippen molar-refractivity contribution in [3.8, 4) is 5.75 Å². The lowest BCUT2D eigenvalue weighted by molar-refractivity contribution is 0.0360. The molecule has 1 unspecified atom stereocenters. The molecule has 1 spiro atoms. The Morgan fingerprint density at radius 1 is 1.14 bits per heavy atom. The normalized spacial score (nSPS) is 19.9. The van der Waals surface area contributed by atoms with E-state index in [9.17, 15) is 9.59 Å². The van der Waals surface area contributed by atoms with Crippen LogP contribution < -0.4 is 15.6 Å². The number of hydrogen-bond acceptors (Lipinski definition) is 4. The Balaban J connectivity index is 1.49. The summed E-state index contributed by atoms with van der Waals surface area (Å²) in [6, 6.07) is 12.9. The molecular formula is C22H21N3O3. The fourth-order valence-electron chi connectivity index (χ4n) is 4.49. The number of pyridine rings is 1. The van der Waals surface area contributed by atoms with Crippen molar-refractivity contribution in [2.45, 2.75) is 43.7 Å². The predicted molar refractivity (Wildman–Crippen MR) is 105 cm³/mol. The Bertz CT molecular complexity index is 1120. The Morgan fingerprint density at radius 2 is 1.93 bits per heavy atom. The first-order chi connectivity index (χ1) is 13.7. The summed E-state index contributed by atoms with van der Waals surface area (Å²) >= 11 is 0. The quantitative estimate of drug-likeness (QED) is 0.746. The van der Waals surface area contributed by atoms with Crippen molar-refractivity contribution in [1.29, 1.82) is 0 Å². The zero-order valence-electron chi connectivity index (χ0n) is 15.4. The van der Waals surface area contributed by atoms with Crippen molar-refractivity contribution in [1.82, 2.24) is 14.7 Å². The molecule has 5 rings (SSSR count). The molecule has 2 aliphatic rings. The fraction of sp³-hybridized carbons (Fsp3) is 0.318. The summed E-state index contributed by atoms with van der Waals surface area (Å²) in [6.45, 7) is 0. The summed E-state index contributed by atoms with van der Waals surface area (Å²) in [5.74, 6) is 0.430. The van der Waals surface area contributed by atoms with Crippen LogP contribution in [-0.2, 0) is 0 Å². The number of fused-ring (bicyclic) bond motifs is 2. The smallest absolute Gasteiger partial charge is 0.270 e. The van der Waals surface area contributed by atoms with Crippen LogP contribution in [0.25, 0.3) is 5.65 Å². The SMILES string of the molecule is O=C(NC1CC2(CCCC2)Oc2ccccc21)c1cnc2ccccn2c1=O. The van der Waals surface area contributed by atoms with Gasteiger partial charge in [0.2, 0.25) is 0 Å². The third-order valence-electron chi connectivity index (χ3n) is 5.88. The van der Waals surface area contributed by atoms with E-state index in [4.69, 9.17) is 4.74 Å². The van der Waals surface area contributed by atoms with Crippen molar-refractivity contribution >= 4 is 11.6 Å². The molecule has 0 bridgehead atoms. The van der Waals surface area contributed by atoms with Gasteiger partial charge in [-0.1, -0.05) is 24.3 Å². The lowest BCUT2D eigenvalue weighted by Crippen LogP contribution is -2.44. The molecule has 28 heavy (non-hydrogen) atoms. The third-order valence-corrected chi connectivity index (χ3v) is 5.88. The van der Waals surface area contributed by atoms with E-state index in [1.165, 1.54) is 10.6 Å². The van der Waals surface area contributed by atoms with Crippen molar-refractivity contribution in [2.75, 3.05) is 0 Å². The van der Waals surface area contributed by atoms with Crippen LogP contribution in [0, 0.1) is 0 Å². The maximum Gasteiger partial charge on any atom is 0.270 e. The fourth-order valence-corrected chi connectivity index (χ4v) is 4.49. The van der Waals surface area contributed by atoms with Gasteiger partial charge in [0.1, 0.15) is 22.6 Å². The second-order valence-corrected chi connectivity index (χ2v) is 7.67. The Hall–Kier alpha value is -3.15. The number of rotatable bonds is 2. The van der Waals surface area contributed by atoms with Crippen molar-refractivity contribution in [3.63, 3.8) is 0 Å². The van der Waals surface area contributed by atoms with Crippen LogP contribution >= 0.6 is 0 Å². The van der Waals surface area contributed by atoms with E-state index in [1.807, 2.05) is 30.3 Å². The molecule has 1 N–H and O–H groups in total. The topological polar surface area (TPSA) is 72.7 Å². The standard InChI is InChI=1S/C22H21N3O3/c26-20(16-14-23-19-9-3-6-12-25(19)21(16)27)24-17-13-22(10-4-5-11-22)28-18-8-2-1-7-15(17)18/h1-3,6-9,12,14,17H,4-5,10-11,13H2,(H,24,26). The number of benzene rings is 1. The van der Waals surface area contributed by atoms with E-state index in [1.54, 1.807) is 18.3 Å². The van der Waals surface area contributed by atoms with Gasteiger partial charge in [0, 0.05) is 24.4 Å². The summed E-state index contributed by atoms with van der Waals surface area (Å²) in [5.41, 5.74) is 0.947. The maximum atomic E-state index is 13.0. The van der Waals surface area contributed by atoms with E-state index < -0.39 is 5.91 Å². The molecular weight excluding hydrogens is 354 g/mol. The molecule has 0 radical (unpaired) electrons. The first-order valence-corrected chi connectivity index (χ1v) is 9.70. The molecule has 3 aromatic rings. The average Bonchev–Trinajstić information content (AvgIpc) is 3.15. The van der Waals surface area contributed by atoms with Gasteiger partial charge < -0.3 is 10.1 Å². The second-order valence-electron chi connectivity index (χ2n) is 7.67. The minimum absolute atomic E-state index is 0.0492. The molecule has 0 saturated heterocycles. The van der Waals surface area contributed by atoms with Crippen LogP contribution in [0.2, 0.25) is 0 Å². The number of amides is 1. The molecule has 1 atom stereocenters. The molecule has 3 heterocycles. The molecule has 142 valence electrons. The van der Waals surface area contributed by atoms with Gasteiger partial charge in [-0.05, 0) is 43.9 Å². The van der Waals surface area contributed by atoms with Crippen molar-refractivity contribution in [3.05, 3.63) is 76.3 Å². The predicted octanol–water partition coefficient (Wildman–Crippen LogP) is 3.26. The van der Waals surface area contributed by atoms with Crippen LogP contribution in [0.3, 0.4) is 0 Å². The molecule has 1 aliphatic heterocycles. The van der Waals surface area contributed by atoms with Crippen LogP contribution in [0.15, 0.2) is 59.7 Å². The second kappa shape index (κ2) is 6.48. The summed E-state index contributed by atoms with van der Waals surface area (Å²) < 4.78 is 7.74. The zero-order chi connectivity index (χ0) is 19.1. The summed E-state index contributed by atoms with van der Waals surface area (Å²) in [6.07, 6.45) is 7.97. The van der Waals surface area contributed by atoms with Gasteiger partial charge in [-0.2, -0.15) is 0 Å². The number of nitrogens with zero attached hydrogens (tertiary/aromatic N) is 2. The molecule has 1 saturated carbocycles. The van der Waals surface area contributed by atoms with Crippen LogP contribution in [0.5, 0.6) is 5.75 Å². The van der Waals surface area contributed by atoms with E-state index in [-0.39, 0.29) is 22.8 Å². The number of ether oxygens (including phenoxy) is 1. The monoisotopic (exact) mass is 375 g/mol. The molecule has 1 fully saturated rings. The Morgan fingerprint density at radius 3 is 2.79 bits per heavy atom. The van der Waals surface area contributed by atoms with Gasteiger partial charge >= 0.3 is 0 Å². The Labute approximate surface area is 162 Å². The highest BCUT2D eigenvalue weighted by atomic mass is 16.5. The number of carbonyl (C=O) groups is 1. The molecule has 1 amide bonds. The minimum atomic E-state index is -0.398. The molecule has 2 aromatic heterocycles. The highest BCUT2D eigenvalue weighted by Crippen LogP contribution is 2.47. The maximum absolute atomic E-state index is 13.0. The first kappa shape index (κ1) is 17.0. The molecule has 1 aromatic carbocycles. The number of aromatic nitrogens is 2. The zero-order valence-corrected chi connectivity index (χ0v) is 15.4. The van der Waals surface area contributed by atoms with Crippen molar-refractivity contribution < 1.29 is 9.53 Å². The third kappa shape index (κ3) is 2.76. The van der Waals surface area contributed by atoms with Gasteiger partial charge in [-0.3, -0.25) is 14.0 Å². The van der Waals surface area contributed by atoms with Crippen LogP contribution in [0.1, 0.15) is 54.1 Å². The molecule has 1 aliphatic carbocycles. The summed E-state index contributed by atoms with van der Waals surface area (Å²) in [4.78, 5) is 30.0. The van der Waals surface area contributed by atoms with Gasteiger partial charge in [-0.25, -0.2) is 4.98 Å². The van der Waals surface area contributed by atoms with E-state index in [2.05, 4.69) is 10.3 Å². The first-order valence-electron chi connectivity index (χ1n) is 9.70. The molecule has 6 heteroatoms. The average molecular weight is 375 g/mol. The van der Waals surface area contributed by atoms with Gasteiger partial charge in [0.15, 0.2) is 0 Å². The number of nitrogens with one attached hydrogen (secondary N) is 1. The number of para-hydroxylation sites is 1. The van der Waals surface area contributed by atoms with E-state index in [0.717, 1.165) is 43.4 Å². The summed E-state index contributed by atoms with van der Waals surface area (Å²) in [5, 5.41) is 3.08. The number of carbonyl (C=O) groups excluding carboxylic acids is 1. The van der Waals surface area contributed by atoms with Crippen LogP contribution in [0.4, 0.5) is 0 Å². The Kier molecular flexibility index (Phi) is 3.93. The lowest BCUT2D eigenvalue weighted by atomic mass is 9.86. The highest BCUT2D eigenvalue weighted by molar-refractivity contribution is 5.94. The van der Waals surface area contributed by atoms with E-state index >= 15 is 0 Å². The van der Waals surface area contributed by atoms with Gasteiger partial charge in [0.25, 0.3) is 11.5 Å². The van der Waals surface area contributed by atoms with Crippen molar-refractivity contribution in [2.24, 2.45) is 0 Å².